The minimum absolute atomic E-state index is 0.383. The maximum absolute atomic E-state index is 4.40. The van der Waals surface area contributed by atoms with Crippen LogP contribution < -0.4 is 5.32 Å². The maximum Gasteiger partial charge on any atom is 0.138 e. The fourth-order valence-corrected chi connectivity index (χ4v) is 2.23. The molecule has 18 heavy (non-hydrogen) atoms. The first-order chi connectivity index (χ1) is 8.54. The molecule has 0 aliphatic heterocycles. The zero-order valence-corrected chi connectivity index (χ0v) is 12.5. The Morgan fingerprint density at radius 3 is 2.56 bits per heavy atom. The van der Waals surface area contributed by atoms with Crippen molar-refractivity contribution in [3.8, 4) is 0 Å². The van der Waals surface area contributed by atoms with Crippen molar-refractivity contribution in [2.24, 2.45) is 5.92 Å². The summed E-state index contributed by atoms with van der Waals surface area (Å²) in [6, 6.07) is 0.889. The van der Waals surface area contributed by atoms with Gasteiger partial charge in [0.2, 0.25) is 0 Å². The summed E-state index contributed by atoms with van der Waals surface area (Å²) >= 11 is 0. The Balaban J connectivity index is 2.65. The van der Waals surface area contributed by atoms with Crippen molar-refractivity contribution < 1.29 is 0 Å². The Labute approximate surface area is 111 Å². The van der Waals surface area contributed by atoms with Crippen molar-refractivity contribution in [3.05, 3.63) is 12.2 Å². The molecular formula is C14H28N4. The molecule has 0 aliphatic carbocycles. The number of nitrogens with one attached hydrogen (secondary N) is 1. The van der Waals surface area contributed by atoms with Crippen molar-refractivity contribution in [3.63, 3.8) is 0 Å². The molecule has 4 nitrogen and oxygen atoms in total. The van der Waals surface area contributed by atoms with E-state index in [9.17, 15) is 0 Å². The average Bonchev–Trinajstić information content (AvgIpc) is 2.73. The van der Waals surface area contributed by atoms with Crippen LogP contribution in [0.2, 0.25) is 0 Å². The molecule has 0 radical (unpaired) electrons. The van der Waals surface area contributed by atoms with E-state index in [4.69, 9.17) is 0 Å². The molecule has 4 heteroatoms. The molecule has 1 rings (SSSR count). The van der Waals surface area contributed by atoms with Crippen LogP contribution in [0.3, 0.4) is 0 Å². The topological polar surface area (TPSA) is 42.7 Å². The normalized spacial score (nSPS) is 13.5. The van der Waals surface area contributed by atoms with Gasteiger partial charge in [0.15, 0.2) is 0 Å². The third-order valence-corrected chi connectivity index (χ3v) is 3.00. The number of aromatic nitrogens is 3. The van der Waals surface area contributed by atoms with E-state index in [1.54, 1.807) is 6.33 Å². The Bertz CT molecular complexity index is 330. The Hall–Kier alpha value is -0.900. The Kier molecular flexibility index (Phi) is 6.33. The fourth-order valence-electron chi connectivity index (χ4n) is 2.23. The Morgan fingerprint density at radius 1 is 1.28 bits per heavy atom. The molecule has 104 valence electrons. The van der Waals surface area contributed by atoms with Gasteiger partial charge in [-0.25, -0.2) is 9.67 Å². The maximum atomic E-state index is 4.40. The van der Waals surface area contributed by atoms with E-state index in [-0.39, 0.29) is 0 Å². The minimum atomic E-state index is 0.383. The van der Waals surface area contributed by atoms with Crippen molar-refractivity contribution in [1.82, 2.24) is 20.1 Å². The summed E-state index contributed by atoms with van der Waals surface area (Å²) < 4.78 is 2.03. The van der Waals surface area contributed by atoms with Crippen LogP contribution in [0.15, 0.2) is 6.33 Å². The number of rotatable bonds is 8. The van der Waals surface area contributed by atoms with E-state index in [0.717, 1.165) is 18.8 Å². The third kappa shape index (κ3) is 4.77. The quantitative estimate of drug-likeness (QED) is 0.773. The van der Waals surface area contributed by atoms with Gasteiger partial charge in [0.25, 0.3) is 0 Å². The first-order valence-corrected chi connectivity index (χ1v) is 7.16. The Morgan fingerprint density at radius 2 is 2.00 bits per heavy atom. The van der Waals surface area contributed by atoms with E-state index in [0.29, 0.717) is 18.0 Å². The molecule has 0 bridgehead atoms. The van der Waals surface area contributed by atoms with E-state index >= 15 is 0 Å². The molecule has 0 fully saturated rings. The van der Waals surface area contributed by atoms with Crippen LogP contribution >= 0.6 is 0 Å². The van der Waals surface area contributed by atoms with Crippen LogP contribution in [-0.4, -0.2) is 27.4 Å². The summed E-state index contributed by atoms with van der Waals surface area (Å²) in [7, 11) is 0. The van der Waals surface area contributed by atoms with Gasteiger partial charge in [0.05, 0.1) is 0 Å². The molecule has 0 spiro atoms. The van der Waals surface area contributed by atoms with E-state index in [1.165, 1.54) is 12.8 Å². The molecule has 0 saturated heterocycles. The van der Waals surface area contributed by atoms with Gasteiger partial charge in [0, 0.05) is 18.5 Å². The van der Waals surface area contributed by atoms with Gasteiger partial charge in [-0.3, -0.25) is 0 Å². The number of hydrogen-bond acceptors (Lipinski definition) is 3. The zero-order chi connectivity index (χ0) is 13.5. The second-order valence-electron chi connectivity index (χ2n) is 5.70. The smallest absolute Gasteiger partial charge is 0.138 e. The molecule has 0 saturated carbocycles. The van der Waals surface area contributed by atoms with E-state index < -0.39 is 0 Å². The molecule has 1 N–H and O–H groups in total. The number of nitrogens with zero attached hydrogens (tertiary/aromatic N) is 3. The van der Waals surface area contributed by atoms with Crippen LogP contribution in [0.1, 0.15) is 59.3 Å². The molecule has 0 amide bonds. The minimum Gasteiger partial charge on any atom is -0.314 e. The second kappa shape index (κ2) is 7.52. The highest BCUT2D eigenvalue weighted by atomic mass is 15.3. The highest BCUT2D eigenvalue weighted by molar-refractivity contribution is 4.91. The highest BCUT2D eigenvalue weighted by Crippen LogP contribution is 2.12. The fraction of sp³-hybridized carbons (Fsp3) is 0.857. The van der Waals surface area contributed by atoms with Crippen LogP contribution in [0.4, 0.5) is 0 Å². The first-order valence-electron chi connectivity index (χ1n) is 7.16. The lowest BCUT2D eigenvalue weighted by Crippen LogP contribution is -2.34. The van der Waals surface area contributed by atoms with Gasteiger partial charge in [-0.05, 0) is 39.2 Å². The van der Waals surface area contributed by atoms with Gasteiger partial charge in [-0.15, -0.1) is 0 Å². The standard InChI is InChI=1S/C14H28N4/c1-6-7-15-13(8-11(2)3)9-14-16-10-17-18(14)12(4)5/h10-13,15H,6-9H2,1-5H3. The predicted octanol–water partition coefficient (Wildman–Crippen LogP) is 2.82. The van der Waals surface area contributed by atoms with Crippen molar-refractivity contribution in [1.29, 1.82) is 0 Å². The monoisotopic (exact) mass is 252 g/mol. The van der Waals surface area contributed by atoms with Crippen LogP contribution in [0.5, 0.6) is 0 Å². The number of hydrogen-bond donors (Lipinski definition) is 1. The highest BCUT2D eigenvalue weighted by Gasteiger charge is 2.15. The average molecular weight is 252 g/mol. The summed E-state index contributed by atoms with van der Waals surface area (Å²) in [5.74, 6) is 1.80. The summed E-state index contributed by atoms with van der Waals surface area (Å²) in [6.07, 6.45) is 4.99. The zero-order valence-electron chi connectivity index (χ0n) is 12.5. The SMILES string of the molecule is CCCNC(Cc1ncnn1C(C)C)CC(C)C. The van der Waals surface area contributed by atoms with Crippen molar-refractivity contribution >= 4 is 0 Å². The summed E-state index contributed by atoms with van der Waals surface area (Å²) in [5, 5.41) is 7.93. The van der Waals surface area contributed by atoms with Crippen LogP contribution in [-0.2, 0) is 6.42 Å². The van der Waals surface area contributed by atoms with Crippen LogP contribution in [0, 0.1) is 5.92 Å². The second-order valence-corrected chi connectivity index (χ2v) is 5.70. The van der Waals surface area contributed by atoms with Crippen molar-refractivity contribution in [2.45, 2.75) is 66.0 Å². The molecule has 0 aromatic carbocycles. The summed E-state index contributed by atoms with van der Waals surface area (Å²) in [4.78, 5) is 4.40. The summed E-state index contributed by atoms with van der Waals surface area (Å²) in [6.45, 7) is 12.1. The molecule has 1 unspecified atom stereocenters. The molecule has 1 heterocycles. The predicted molar refractivity (Wildman–Crippen MR) is 75.6 cm³/mol. The molecular weight excluding hydrogens is 224 g/mol. The lowest BCUT2D eigenvalue weighted by molar-refractivity contribution is 0.396. The van der Waals surface area contributed by atoms with Gasteiger partial charge in [0.1, 0.15) is 12.2 Å². The molecule has 1 aromatic heterocycles. The van der Waals surface area contributed by atoms with E-state index in [1.807, 2.05) is 4.68 Å². The summed E-state index contributed by atoms with van der Waals surface area (Å²) in [5.41, 5.74) is 0. The van der Waals surface area contributed by atoms with Gasteiger partial charge in [-0.2, -0.15) is 5.10 Å². The molecule has 0 aliphatic rings. The lowest BCUT2D eigenvalue weighted by Gasteiger charge is -2.21. The van der Waals surface area contributed by atoms with Gasteiger partial charge < -0.3 is 5.32 Å². The van der Waals surface area contributed by atoms with Crippen LogP contribution in [0.25, 0.3) is 0 Å². The first kappa shape index (κ1) is 15.2. The van der Waals surface area contributed by atoms with Gasteiger partial charge in [-0.1, -0.05) is 20.8 Å². The molecule has 1 aromatic rings. The van der Waals surface area contributed by atoms with Gasteiger partial charge >= 0.3 is 0 Å². The third-order valence-electron chi connectivity index (χ3n) is 3.00. The lowest BCUT2D eigenvalue weighted by atomic mass is 10.0. The van der Waals surface area contributed by atoms with E-state index in [2.05, 4.69) is 50.0 Å². The molecule has 1 atom stereocenters. The van der Waals surface area contributed by atoms with Crippen molar-refractivity contribution in [2.75, 3.05) is 6.54 Å². The largest absolute Gasteiger partial charge is 0.314 e.